The molecule has 0 unspecified atom stereocenters. The van der Waals surface area contributed by atoms with Crippen molar-refractivity contribution >= 4 is 16.9 Å². The summed E-state index contributed by atoms with van der Waals surface area (Å²) in [4.78, 5) is 28.8. The molecule has 1 amide bonds. The van der Waals surface area contributed by atoms with Crippen LogP contribution >= 0.6 is 0 Å². The van der Waals surface area contributed by atoms with Crippen LogP contribution < -0.4 is 14.9 Å². The first-order chi connectivity index (χ1) is 16.9. The van der Waals surface area contributed by atoms with Crippen molar-refractivity contribution in [2.75, 3.05) is 6.79 Å². The molecule has 176 valence electrons. The fourth-order valence-corrected chi connectivity index (χ4v) is 4.80. The van der Waals surface area contributed by atoms with Crippen LogP contribution in [-0.4, -0.2) is 17.6 Å². The molecule has 0 radical (unpaired) electrons. The van der Waals surface area contributed by atoms with E-state index >= 15 is 0 Å². The number of benzene rings is 3. The minimum Gasteiger partial charge on any atom is -0.454 e. The Kier molecular flexibility index (Phi) is 4.88. The molecule has 6 nitrogen and oxygen atoms in total. The lowest BCUT2D eigenvalue weighted by molar-refractivity contribution is 0.0714. The summed E-state index contributed by atoms with van der Waals surface area (Å²) in [6.45, 7) is 4.58. The van der Waals surface area contributed by atoms with Gasteiger partial charge in [-0.25, -0.2) is 4.39 Å². The Morgan fingerprint density at radius 1 is 0.971 bits per heavy atom. The summed E-state index contributed by atoms with van der Waals surface area (Å²) in [5, 5.41) is 0.116. The van der Waals surface area contributed by atoms with Gasteiger partial charge in [0.25, 0.3) is 5.91 Å². The van der Waals surface area contributed by atoms with Gasteiger partial charge in [-0.2, -0.15) is 0 Å². The molecule has 2 aliphatic rings. The summed E-state index contributed by atoms with van der Waals surface area (Å²) in [7, 11) is 0. The van der Waals surface area contributed by atoms with Crippen molar-refractivity contribution < 1.29 is 23.1 Å². The zero-order valence-electron chi connectivity index (χ0n) is 19.2. The highest BCUT2D eigenvalue weighted by Crippen LogP contribution is 2.40. The number of halogens is 1. The lowest BCUT2D eigenvalue weighted by Gasteiger charge is -2.25. The molecular formula is C28H22FNO5. The number of hydrogen-bond donors (Lipinski definition) is 0. The lowest BCUT2D eigenvalue weighted by atomic mass is 9.95. The van der Waals surface area contributed by atoms with Crippen LogP contribution in [0.4, 0.5) is 4.39 Å². The topological polar surface area (TPSA) is 69.0 Å². The molecule has 6 rings (SSSR count). The van der Waals surface area contributed by atoms with E-state index in [1.807, 2.05) is 36.4 Å². The van der Waals surface area contributed by atoms with Gasteiger partial charge in [0.1, 0.15) is 11.4 Å². The van der Waals surface area contributed by atoms with Crippen LogP contribution in [0.3, 0.4) is 0 Å². The largest absolute Gasteiger partial charge is 0.454 e. The Hall–Kier alpha value is -4.13. The number of carbonyl (C=O) groups excluding carboxylic acids is 1. The zero-order valence-corrected chi connectivity index (χ0v) is 19.2. The van der Waals surface area contributed by atoms with Crippen LogP contribution in [0.5, 0.6) is 11.5 Å². The summed E-state index contributed by atoms with van der Waals surface area (Å²) >= 11 is 0. The number of amides is 1. The maximum absolute atomic E-state index is 14.0. The van der Waals surface area contributed by atoms with Gasteiger partial charge in [0.2, 0.25) is 12.6 Å². The number of ether oxygens (including phenoxy) is 2. The first-order valence-corrected chi connectivity index (χ1v) is 11.5. The lowest BCUT2D eigenvalue weighted by Crippen LogP contribution is -2.29. The number of rotatable bonds is 4. The SMILES string of the molecule is CC(C)c1ccc([C@@H]2c3c(oc4ccc(F)cc4c3=O)C(=O)N2Cc2ccc3c(c2)OCO3)cc1. The summed E-state index contributed by atoms with van der Waals surface area (Å²) in [5.41, 5.74) is 2.76. The average molecular weight is 471 g/mol. The number of hydrogen-bond acceptors (Lipinski definition) is 5. The van der Waals surface area contributed by atoms with E-state index in [2.05, 4.69) is 13.8 Å². The predicted molar refractivity (Wildman–Crippen MR) is 127 cm³/mol. The first-order valence-electron chi connectivity index (χ1n) is 11.5. The normalized spacial score (nSPS) is 16.4. The highest BCUT2D eigenvalue weighted by Gasteiger charge is 2.42. The second-order valence-corrected chi connectivity index (χ2v) is 9.16. The molecule has 0 aliphatic carbocycles. The molecule has 3 aromatic carbocycles. The minimum atomic E-state index is -0.673. The quantitative estimate of drug-likeness (QED) is 0.392. The molecule has 0 saturated carbocycles. The Bertz CT molecular complexity index is 1540. The molecule has 7 heteroatoms. The molecular weight excluding hydrogens is 449 g/mol. The van der Waals surface area contributed by atoms with E-state index in [-0.39, 0.29) is 41.5 Å². The van der Waals surface area contributed by atoms with E-state index < -0.39 is 17.3 Å². The van der Waals surface area contributed by atoms with Gasteiger partial charge in [-0.1, -0.05) is 44.2 Å². The van der Waals surface area contributed by atoms with Gasteiger partial charge >= 0.3 is 0 Å². The van der Waals surface area contributed by atoms with Gasteiger partial charge in [-0.15, -0.1) is 0 Å². The summed E-state index contributed by atoms with van der Waals surface area (Å²) < 4.78 is 30.8. The number of nitrogens with zero attached hydrogens (tertiary/aromatic N) is 1. The average Bonchev–Trinajstić information content (AvgIpc) is 3.43. The van der Waals surface area contributed by atoms with Crippen molar-refractivity contribution in [2.24, 2.45) is 0 Å². The standard InChI is InChI=1S/C28H22FNO5/c1-15(2)17-4-6-18(7-5-17)25-24-26(31)20-12-19(29)8-10-21(20)35-27(24)28(32)30(25)13-16-3-9-22-23(11-16)34-14-33-22/h3-12,15,25H,13-14H2,1-2H3/t25-/m1/s1. The van der Waals surface area contributed by atoms with Gasteiger partial charge in [-0.3, -0.25) is 9.59 Å². The van der Waals surface area contributed by atoms with Crippen molar-refractivity contribution in [3.05, 3.63) is 105 Å². The van der Waals surface area contributed by atoms with E-state index in [4.69, 9.17) is 13.9 Å². The van der Waals surface area contributed by atoms with Crippen molar-refractivity contribution in [1.82, 2.24) is 4.90 Å². The molecule has 1 aromatic heterocycles. The molecule has 0 bridgehead atoms. The highest BCUT2D eigenvalue weighted by molar-refractivity contribution is 5.99. The Morgan fingerprint density at radius 3 is 2.51 bits per heavy atom. The van der Waals surface area contributed by atoms with E-state index in [1.54, 1.807) is 11.0 Å². The van der Waals surface area contributed by atoms with E-state index in [0.29, 0.717) is 17.4 Å². The van der Waals surface area contributed by atoms with Gasteiger partial charge in [0, 0.05) is 6.54 Å². The molecule has 35 heavy (non-hydrogen) atoms. The molecule has 0 fully saturated rings. The van der Waals surface area contributed by atoms with Crippen molar-refractivity contribution in [3.63, 3.8) is 0 Å². The van der Waals surface area contributed by atoms with Gasteiger partial charge in [-0.05, 0) is 52.9 Å². The van der Waals surface area contributed by atoms with Crippen LogP contribution in [-0.2, 0) is 6.54 Å². The summed E-state index contributed by atoms with van der Waals surface area (Å²) in [6.07, 6.45) is 0. The maximum Gasteiger partial charge on any atom is 0.291 e. The van der Waals surface area contributed by atoms with Crippen LogP contribution in [0.25, 0.3) is 11.0 Å². The molecule has 4 aromatic rings. The fraction of sp³-hybridized carbons (Fsp3) is 0.214. The predicted octanol–water partition coefficient (Wildman–Crippen LogP) is 5.53. The zero-order chi connectivity index (χ0) is 24.3. The third-order valence-electron chi connectivity index (χ3n) is 6.64. The third kappa shape index (κ3) is 3.46. The monoisotopic (exact) mass is 471 g/mol. The Morgan fingerprint density at radius 2 is 1.74 bits per heavy atom. The van der Waals surface area contributed by atoms with Crippen molar-refractivity contribution in [2.45, 2.75) is 32.4 Å². The molecule has 2 aliphatic heterocycles. The molecule has 0 N–H and O–H groups in total. The fourth-order valence-electron chi connectivity index (χ4n) is 4.80. The molecule has 1 atom stereocenters. The number of carbonyl (C=O) groups is 1. The van der Waals surface area contributed by atoms with E-state index in [9.17, 15) is 14.0 Å². The Labute approximate surface area is 200 Å². The third-order valence-corrected chi connectivity index (χ3v) is 6.64. The highest BCUT2D eigenvalue weighted by atomic mass is 19.1. The van der Waals surface area contributed by atoms with Crippen molar-refractivity contribution in [1.29, 1.82) is 0 Å². The van der Waals surface area contributed by atoms with Crippen LogP contribution in [0.15, 0.2) is 69.9 Å². The van der Waals surface area contributed by atoms with Crippen LogP contribution in [0, 0.1) is 5.82 Å². The van der Waals surface area contributed by atoms with E-state index in [0.717, 1.165) is 22.8 Å². The van der Waals surface area contributed by atoms with Gasteiger partial charge in [0.15, 0.2) is 16.9 Å². The maximum atomic E-state index is 14.0. The first kappa shape index (κ1) is 21.4. The minimum absolute atomic E-state index is 0.00668. The van der Waals surface area contributed by atoms with Gasteiger partial charge in [0.05, 0.1) is 17.0 Å². The van der Waals surface area contributed by atoms with Gasteiger partial charge < -0.3 is 18.8 Å². The summed E-state index contributed by atoms with van der Waals surface area (Å²) in [5.74, 6) is 0.662. The Balaban J connectivity index is 1.51. The molecule has 3 heterocycles. The smallest absolute Gasteiger partial charge is 0.291 e. The number of fused-ring (bicyclic) bond motifs is 3. The second kappa shape index (κ2) is 7.98. The second-order valence-electron chi connectivity index (χ2n) is 9.16. The van der Waals surface area contributed by atoms with Crippen LogP contribution in [0.1, 0.15) is 58.6 Å². The molecule has 0 spiro atoms. The summed E-state index contributed by atoms with van der Waals surface area (Å²) in [6, 6.07) is 16.5. The van der Waals surface area contributed by atoms with Crippen molar-refractivity contribution in [3.8, 4) is 11.5 Å². The molecule has 0 saturated heterocycles. The van der Waals surface area contributed by atoms with E-state index in [1.165, 1.54) is 12.1 Å². The van der Waals surface area contributed by atoms with Crippen LogP contribution in [0.2, 0.25) is 0 Å².